The minimum atomic E-state index is -0.517. The molecule has 3 heteroatoms. The van der Waals surface area contributed by atoms with Crippen LogP contribution in [0.5, 0.6) is 11.5 Å². The first kappa shape index (κ1) is 8.38. The zero-order valence-electron chi connectivity index (χ0n) is 7.49. The standard InChI is InChI=1S/C10H12O3/c1-7(11)8-3-2-4-9-10(8)13-6-5-12-9/h2-4,7,11H,5-6H2,1H3. The lowest BCUT2D eigenvalue weighted by Crippen LogP contribution is -2.16. The molecule has 0 saturated heterocycles. The predicted molar refractivity (Wildman–Crippen MR) is 48.1 cm³/mol. The molecule has 0 spiro atoms. The molecular formula is C10H12O3. The van der Waals surface area contributed by atoms with Gasteiger partial charge in [0.25, 0.3) is 0 Å². The number of para-hydroxylation sites is 1. The molecule has 1 atom stereocenters. The van der Waals surface area contributed by atoms with Gasteiger partial charge in [-0.2, -0.15) is 0 Å². The lowest BCUT2D eigenvalue weighted by atomic mass is 10.1. The van der Waals surface area contributed by atoms with Gasteiger partial charge in [0.1, 0.15) is 13.2 Å². The Balaban J connectivity index is 2.46. The van der Waals surface area contributed by atoms with E-state index in [0.29, 0.717) is 19.0 Å². The minimum absolute atomic E-state index is 0.517. The van der Waals surface area contributed by atoms with Crippen molar-refractivity contribution in [2.24, 2.45) is 0 Å². The zero-order valence-corrected chi connectivity index (χ0v) is 7.49. The normalized spacial score (nSPS) is 16.8. The Morgan fingerprint density at radius 3 is 2.85 bits per heavy atom. The monoisotopic (exact) mass is 180 g/mol. The van der Waals surface area contributed by atoms with Crippen LogP contribution in [0, 0.1) is 0 Å². The van der Waals surface area contributed by atoms with E-state index in [-0.39, 0.29) is 0 Å². The van der Waals surface area contributed by atoms with E-state index in [2.05, 4.69) is 0 Å². The third-order valence-electron chi connectivity index (χ3n) is 2.05. The highest BCUT2D eigenvalue weighted by atomic mass is 16.6. The molecule has 0 saturated carbocycles. The van der Waals surface area contributed by atoms with E-state index in [4.69, 9.17) is 9.47 Å². The average molecular weight is 180 g/mol. The van der Waals surface area contributed by atoms with Crippen LogP contribution < -0.4 is 9.47 Å². The molecule has 2 rings (SSSR count). The van der Waals surface area contributed by atoms with Crippen LogP contribution >= 0.6 is 0 Å². The Morgan fingerprint density at radius 1 is 1.31 bits per heavy atom. The van der Waals surface area contributed by atoms with E-state index in [1.54, 1.807) is 6.92 Å². The summed E-state index contributed by atoms with van der Waals surface area (Å²) in [5.41, 5.74) is 0.789. The summed E-state index contributed by atoms with van der Waals surface area (Å²) in [5.74, 6) is 1.41. The summed E-state index contributed by atoms with van der Waals surface area (Å²) in [6, 6.07) is 5.55. The second-order valence-corrected chi connectivity index (χ2v) is 3.05. The van der Waals surface area contributed by atoms with Gasteiger partial charge in [-0.25, -0.2) is 0 Å². The SMILES string of the molecule is CC(O)c1cccc2c1OCCO2. The van der Waals surface area contributed by atoms with Crippen LogP contribution in [-0.4, -0.2) is 18.3 Å². The molecule has 3 nitrogen and oxygen atoms in total. The largest absolute Gasteiger partial charge is 0.486 e. The molecule has 1 aliphatic heterocycles. The molecule has 0 aliphatic carbocycles. The van der Waals surface area contributed by atoms with Crippen molar-refractivity contribution in [1.82, 2.24) is 0 Å². The van der Waals surface area contributed by atoms with Crippen molar-refractivity contribution in [2.75, 3.05) is 13.2 Å². The number of rotatable bonds is 1. The summed E-state index contributed by atoms with van der Waals surface area (Å²) in [6.07, 6.45) is -0.517. The van der Waals surface area contributed by atoms with Crippen molar-refractivity contribution in [2.45, 2.75) is 13.0 Å². The Hall–Kier alpha value is -1.22. The van der Waals surface area contributed by atoms with Crippen molar-refractivity contribution in [1.29, 1.82) is 0 Å². The van der Waals surface area contributed by atoms with Gasteiger partial charge in [0.2, 0.25) is 0 Å². The Kier molecular flexibility index (Phi) is 2.10. The Bertz CT molecular complexity index is 307. The Morgan fingerprint density at radius 2 is 2.08 bits per heavy atom. The van der Waals surface area contributed by atoms with Crippen LogP contribution in [0.1, 0.15) is 18.6 Å². The summed E-state index contributed by atoms with van der Waals surface area (Å²) < 4.78 is 10.8. The molecule has 70 valence electrons. The van der Waals surface area contributed by atoms with Crippen molar-refractivity contribution in [3.63, 3.8) is 0 Å². The zero-order chi connectivity index (χ0) is 9.26. The highest BCUT2D eigenvalue weighted by Crippen LogP contribution is 2.36. The van der Waals surface area contributed by atoms with Gasteiger partial charge in [-0.1, -0.05) is 12.1 Å². The molecule has 0 fully saturated rings. The molecule has 13 heavy (non-hydrogen) atoms. The van der Waals surface area contributed by atoms with Crippen LogP contribution in [0.4, 0.5) is 0 Å². The van der Waals surface area contributed by atoms with E-state index < -0.39 is 6.10 Å². The quantitative estimate of drug-likeness (QED) is 0.712. The second-order valence-electron chi connectivity index (χ2n) is 3.05. The number of aliphatic hydroxyl groups excluding tert-OH is 1. The first-order chi connectivity index (χ1) is 6.29. The smallest absolute Gasteiger partial charge is 0.167 e. The number of benzene rings is 1. The molecular weight excluding hydrogens is 168 g/mol. The molecule has 0 radical (unpaired) electrons. The van der Waals surface area contributed by atoms with Gasteiger partial charge in [-0.15, -0.1) is 0 Å². The third-order valence-corrected chi connectivity index (χ3v) is 2.05. The molecule has 1 unspecified atom stereocenters. The molecule has 1 aromatic rings. The van der Waals surface area contributed by atoms with Gasteiger partial charge in [-0.3, -0.25) is 0 Å². The van der Waals surface area contributed by atoms with Crippen molar-refractivity contribution in [3.05, 3.63) is 23.8 Å². The predicted octanol–water partition coefficient (Wildman–Crippen LogP) is 1.51. The van der Waals surface area contributed by atoms with Crippen LogP contribution in [0.2, 0.25) is 0 Å². The summed E-state index contributed by atoms with van der Waals surface area (Å²) in [5, 5.41) is 9.44. The van der Waals surface area contributed by atoms with Crippen LogP contribution in [0.25, 0.3) is 0 Å². The lowest BCUT2D eigenvalue weighted by Gasteiger charge is -2.21. The molecule has 1 heterocycles. The first-order valence-corrected chi connectivity index (χ1v) is 4.35. The van der Waals surface area contributed by atoms with E-state index in [1.165, 1.54) is 0 Å². The van der Waals surface area contributed by atoms with E-state index in [1.807, 2.05) is 18.2 Å². The second kappa shape index (κ2) is 3.26. The maximum atomic E-state index is 9.44. The van der Waals surface area contributed by atoms with Crippen molar-refractivity contribution >= 4 is 0 Å². The average Bonchev–Trinajstić information content (AvgIpc) is 2.17. The van der Waals surface area contributed by atoms with Crippen molar-refractivity contribution in [3.8, 4) is 11.5 Å². The van der Waals surface area contributed by atoms with E-state index >= 15 is 0 Å². The van der Waals surface area contributed by atoms with Gasteiger partial charge < -0.3 is 14.6 Å². The van der Waals surface area contributed by atoms with Gasteiger partial charge >= 0.3 is 0 Å². The topological polar surface area (TPSA) is 38.7 Å². The first-order valence-electron chi connectivity index (χ1n) is 4.35. The lowest BCUT2D eigenvalue weighted by molar-refractivity contribution is 0.153. The fourth-order valence-electron chi connectivity index (χ4n) is 1.43. The van der Waals surface area contributed by atoms with Gasteiger partial charge in [0.05, 0.1) is 6.10 Å². The molecule has 0 amide bonds. The molecule has 0 aromatic heterocycles. The van der Waals surface area contributed by atoms with Gasteiger partial charge in [-0.05, 0) is 13.0 Å². The molecule has 1 N–H and O–H groups in total. The van der Waals surface area contributed by atoms with Crippen LogP contribution in [0.15, 0.2) is 18.2 Å². The van der Waals surface area contributed by atoms with E-state index in [9.17, 15) is 5.11 Å². The maximum absolute atomic E-state index is 9.44. The maximum Gasteiger partial charge on any atom is 0.167 e. The highest BCUT2D eigenvalue weighted by molar-refractivity contribution is 5.48. The van der Waals surface area contributed by atoms with Gasteiger partial charge in [0.15, 0.2) is 11.5 Å². The van der Waals surface area contributed by atoms with E-state index in [0.717, 1.165) is 11.3 Å². The third kappa shape index (κ3) is 1.47. The fourth-order valence-corrected chi connectivity index (χ4v) is 1.43. The molecule has 0 bridgehead atoms. The molecule has 1 aliphatic rings. The number of ether oxygens (including phenoxy) is 2. The summed E-state index contributed by atoms with van der Waals surface area (Å²) in [6.45, 7) is 2.85. The Labute approximate surface area is 76.9 Å². The fraction of sp³-hybridized carbons (Fsp3) is 0.400. The number of hydrogen-bond donors (Lipinski definition) is 1. The highest BCUT2D eigenvalue weighted by Gasteiger charge is 2.17. The van der Waals surface area contributed by atoms with Crippen LogP contribution in [-0.2, 0) is 0 Å². The summed E-state index contributed by atoms with van der Waals surface area (Å²) >= 11 is 0. The number of hydrogen-bond acceptors (Lipinski definition) is 3. The summed E-state index contributed by atoms with van der Waals surface area (Å²) in [4.78, 5) is 0. The van der Waals surface area contributed by atoms with Crippen LogP contribution in [0.3, 0.4) is 0 Å². The van der Waals surface area contributed by atoms with Crippen molar-refractivity contribution < 1.29 is 14.6 Å². The molecule has 1 aromatic carbocycles. The summed E-state index contributed by atoms with van der Waals surface area (Å²) in [7, 11) is 0. The minimum Gasteiger partial charge on any atom is -0.486 e. The number of aliphatic hydroxyl groups is 1. The number of fused-ring (bicyclic) bond motifs is 1. The van der Waals surface area contributed by atoms with Gasteiger partial charge in [0, 0.05) is 5.56 Å².